The average Bonchev–Trinajstić information content (AvgIpc) is 3.79. The molecule has 1 nitrogen and oxygen atoms in total. The molecule has 66 heavy (non-hydrogen) atoms. The highest BCUT2D eigenvalue weighted by atomic mass is 32.1. The molecule has 1 saturated carbocycles. The molecule has 0 atom stereocenters. The molecule has 316 valence electrons. The normalized spacial score (nSPS) is 13.1. The second-order valence-electron chi connectivity index (χ2n) is 17.8. The van der Waals surface area contributed by atoms with Gasteiger partial charge >= 0.3 is 0 Å². The lowest BCUT2D eigenvalue weighted by molar-refractivity contribution is 0.445. The summed E-state index contributed by atoms with van der Waals surface area (Å²) >= 11 is 1.89. The Morgan fingerprint density at radius 2 is 0.924 bits per heavy atom. The third kappa shape index (κ3) is 7.38. The maximum Gasteiger partial charge on any atom is 0.0540 e. The van der Waals surface area contributed by atoms with Crippen LogP contribution in [0.3, 0.4) is 0 Å². The largest absolute Gasteiger partial charge is 0.310 e. The highest BCUT2D eigenvalue weighted by Gasteiger charge is 2.23. The van der Waals surface area contributed by atoms with Gasteiger partial charge in [0.2, 0.25) is 0 Å². The van der Waals surface area contributed by atoms with Crippen LogP contribution in [0.1, 0.15) is 43.6 Å². The van der Waals surface area contributed by atoms with E-state index in [4.69, 9.17) is 0 Å². The van der Waals surface area contributed by atoms with Crippen molar-refractivity contribution in [1.29, 1.82) is 0 Å². The van der Waals surface area contributed by atoms with Gasteiger partial charge in [-0.25, -0.2) is 0 Å². The lowest BCUT2D eigenvalue weighted by Gasteiger charge is -2.29. The summed E-state index contributed by atoms with van der Waals surface area (Å²) in [6.07, 6.45) is 6.48. The number of fused-ring (bicyclic) bond motifs is 4. The van der Waals surface area contributed by atoms with Gasteiger partial charge in [-0.1, -0.05) is 207 Å². The van der Waals surface area contributed by atoms with Crippen LogP contribution >= 0.6 is 11.3 Å². The summed E-state index contributed by atoms with van der Waals surface area (Å²) in [5, 5.41) is 5.36. The molecule has 2 heteroatoms. The number of hydrogen-bond acceptors (Lipinski definition) is 2. The Morgan fingerprint density at radius 3 is 1.68 bits per heavy atom. The molecular formula is C64H49NS. The standard InChI is InChI=1S/C64H49NS/c1-4-17-45(18-5-1)53-42-37-50(43-60(53)47-21-8-3-9-22-47)44-33-38-51(39-34-44)65(52-40-35-48(36-41-52)55-28-16-30-59-57-26-11-13-32-62(57)66-64(55)59)61-31-12-10-25-56(61)58-29-15-24-49-23-14-27-54(63(49)58)46-19-6-2-7-20-46/h1,3-5,8-18,21-43,46H,2,6-7,19-20H2. The summed E-state index contributed by atoms with van der Waals surface area (Å²) in [7, 11) is 0. The van der Waals surface area contributed by atoms with E-state index in [2.05, 4.69) is 235 Å². The summed E-state index contributed by atoms with van der Waals surface area (Å²) in [5.41, 5.74) is 17.2. The minimum absolute atomic E-state index is 0.585. The molecule has 0 unspecified atom stereocenters. The SMILES string of the molecule is c1ccc(-c2ccc(-c3ccc(N(c4ccc(-c5cccc6c5sc5ccccc56)cc4)c4ccccc4-c4cccc5cccc(C6CCCCC6)c45)cc3)cc2-c2ccccc2)cc1. The third-order valence-corrected chi connectivity index (χ3v) is 15.1. The van der Waals surface area contributed by atoms with Crippen molar-refractivity contribution < 1.29 is 0 Å². The predicted molar refractivity (Wildman–Crippen MR) is 285 cm³/mol. The summed E-state index contributed by atoms with van der Waals surface area (Å²) in [6, 6.07) is 85.4. The van der Waals surface area contributed by atoms with Crippen LogP contribution in [-0.2, 0) is 0 Å². The predicted octanol–water partition coefficient (Wildman–Crippen LogP) is 19.1. The number of thiophene rings is 1. The third-order valence-electron chi connectivity index (χ3n) is 13.9. The molecule has 11 aromatic rings. The molecule has 1 heterocycles. The van der Waals surface area contributed by atoms with Gasteiger partial charge in [-0.05, 0) is 128 Å². The van der Waals surface area contributed by atoms with Crippen LogP contribution < -0.4 is 4.90 Å². The van der Waals surface area contributed by atoms with E-state index in [1.165, 1.54) is 124 Å². The van der Waals surface area contributed by atoms with E-state index in [0.29, 0.717) is 5.92 Å². The van der Waals surface area contributed by atoms with Gasteiger partial charge in [-0.2, -0.15) is 0 Å². The van der Waals surface area contributed by atoms with Crippen LogP contribution in [0.15, 0.2) is 231 Å². The molecule has 1 aliphatic carbocycles. The second kappa shape index (κ2) is 17.5. The molecule has 10 aromatic carbocycles. The Labute approximate surface area is 391 Å². The van der Waals surface area contributed by atoms with Crippen LogP contribution in [0.5, 0.6) is 0 Å². The quantitative estimate of drug-likeness (QED) is 0.140. The van der Waals surface area contributed by atoms with Gasteiger partial charge < -0.3 is 4.90 Å². The Morgan fingerprint density at radius 1 is 0.364 bits per heavy atom. The zero-order valence-electron chi connectivity index (χ0n) is 36.9. The summed E-state index contributed by atoms with van der Waals surface area (Å²) < 4.78 is 2.66. The van der Waals surface area contributed by atoms with Crippen molar-refractivity contribution in [3.8, 4) is 55.6 Å². The number of anilines is 3. The van der Waals surface area contributed by atoms with E-state index in [-0.39, 0.29) is 0 Å². The number of rotatable bonds is 9. The molecule has 0 amide bonds. The number of benzene rings is 10. The van der Waals surface area contributed by atoms with Crippen LogP contribution in [0, 0.1) is 0 Å². The Hall–Kier alpha value is -7.52. The Kier molecular flexibility index (Phi) is 10.6. The van der Waals surface area contributed by atoms with Gasteiger partial charge in [0.25, 0.3) is 0 Å². The van der Waals surface area contributed by atoms with Crippen molar-refractivity contribution in [1.82, 2.24) is 0 Å². The molecule has 0 radical (unpaired) electrons. The highest BCUT2D eigenvalue weighted by Crippen LogP contribution is 2.47. The minimum Gasteiger partial charge on any atom is -0.310 e. The smallest absolute Gasteiger partial charge is 0.0540 e. The van der Waals surface area contributed by atoms with Gasteiger partial charge in [0.05, 0.1) is 5.69 Å². The highest BCUT2D eigenvalue weighted by molar-refractivity contribution is 7.26. The van der Waals surface area contributed by atoms with E-state index in [1.807, 2.05) is 11.3 Å². The monoisotopic (exact) mass is 863 g/mol. The van der Waals surface area contributed by atoms with E-state index < -0.39 is 0 Å². The van der Waals surface area contributed by atoms with Gasteiger partial charge in [-0.3, -0.25) is 0 Å². The number of hydrogen-bond donors (Lipinski definition) is 0. The first-order valence-electron chi connectivity index (χ1n) is 23.5. The summed E-state index contributed by atoms with van der Waals surface area (Å²) in [6.45, 7) is 0. The van der Waals surface area contributed by atoms with E-state index in [0.717, 1.165) is 17.1 Å². The molecule has 0 spiro atoms. The zero-order valence-corrected chi connectivity index (χ0v) is 37.7. The Bertz CT molecular complexity index is 3480. The molecule has 1 aromatic heterocycles. The second-order valence-corrected chi connectivity index (χ2v) is 18.9. The minimum atomic E-state index is 0.585. The molecule has 0 saturated heterocycles. The summed E-state index contributed by atoms with van der Waals surface area (Å²) in [4.78, 5) is 2.47. The van der Waals surface area contributed by atoms with Crippen molar-refractivity contribution in [3.63, 3.8) is 0 Å². The van der Waals surface area contributed by atoms with Crippen LogP contribution in [0.2, 0.25) is 0 Å². The van der Waals surface area contributed by atoms with Gasteiger partial charge in [0.15, 0.2) is 0 Å². The first-order chi connectivity index (χ1) is 32.7. The zero-order chi connectivity index (χ0) is 43.8. The maximum atomic E-state index is 2.47. The molecule has 12 rings (SSSR count). The van der Waals surface area contributed by atoms with E-state index in [1.54, 1.807) is 0 Å². The molecule has 0 bridgehead atoms. The molecule has 1 fully saturated rings. The van der Waals surface area contributed by atoms with Crippen molar-refractivity contribution in [2.45, 2.75) is 38.0 Å². The first-order valence-corrected chi connectivity index (χ1v) is 24.3. The number of para-hydroxylation sites is 1. The molecule has 0 aliphatic heterocycles. The molecule has 0 N–H and O–H groups in total. The van der Waals surface area contributed by atoms with Gasteiger partial charge in [-0.15, -0.1) is 11.3 Å². The fraction of sp³-hybridized carbons (Fsp3) is 0.0938. The van der Waals surface area contributed by atoms with Crippen molar-refractivity contribution >= 4 is 59.3 Å². The maximum absolute atomic E-state index is 2.47. The summed E-state index contributed by atoms with van der Waals surface area (Å²) in [5.74, 6) is 0.585. The van der Waals surface area contributed by atoms with E-state index in [9.17, 15) is 0 Å². The Balaban J connectivity index is 0.996. The van der Waals surface area contributed by atoms with Crippen molar-refractivity contribution in [2.24, 2.45) is 0 Å². The lowest BCUT2D eigenvalue weighted by Crippen LogP contribution is -2.11. The van der Waals surface area contributed by atoms with E-state index >= 15 is 0 Å². The van der Waals surface area contributed by atoms with Crippen LogP contribution in [0.25, 0.3) is 86.6 Å². The topological polar surface area (TPSA) is 3.24 Å². The van der Waals surface area contributed by atoms with Gasteiger partial charge in [0, 0.05) is 37.1 Å². The fourth-order valence-electron chi connectivity index (χ4n) is 10.7. The fourth-order valence-corrected chi connectivity index (χ4v) is 11.9. The van der Waals surface area contributed by atoms with Crippen LogP contribution in [0.4, 0.5) is 17.1 Å². The lowest BCUT2D eigenvalue weighted by atomic mass is 9.80. The number of nitrogens with zero attached hydrogens (tertiary/aromatic N) is 1. The van der Waals surface area contributed by atoms with Crippen LogP contribution in [-0.4, -0.2) is 0 Å². The average molecular weight is 864 g/mol. The molecular weight excluding hydrogens is 815 g/mol. The van der Waals surface area contributed by atoms with Crippen molar-refractivity contribution in [2.75, 3.05) is 4.90 Å². The first kappa shape index (κ1) is 40.0. The van der Waals surface area contributed by atoms with Gasteiger partial charge in [0.1, 0.15) is 0 Å². The molecule has 1 aliphatic rings. The van der Waals surface area contributed by atoms with Crippen molar-refractivity contribution in [3.05, 3.63) is 236 Å².